The Morgan fingerprint density at radius 2 is 1.00 bits per heavy atom. The van der Waals surface area contributed by atoms with Gasteiger partial charge in [-0.15, -0.1) is 12.8 Å². The summed E-state index contributed by atoms with van der Waals surface area (Å²) < 4.78 is 104. The normalized spacial score (nSPS) is 16.1. The predicted octanol–water partition coefficient (Wildman–Crippen LogP) is 5.46. The summed E-state index contributed by atoms with van der Waals surface area (Å²) in [5, 5.41) is 0. The fourth-order valence-corrected chi connectivity index (χ4v) is 4.04. The van der Waals surface area contributed by atoms with Gasteiger partial charge in [-0.25, -0.2) is 9.59 Å². The van der Waals surface area contributed by atoms with Crippen molar-refractivity contribution in [3.8, 4) is 24.7 Å². The summed E-state index contributed by atoms with van der Waals surface area (Å²) in [6, 6.07) is 12.1. The molecule has 0 spiro atoms. The smallest absolute Gasteiger partial charge is 0.432 e. The molecule has 12 heteroatoms. The first-order chi connectivity index (χ1) is 19.2. The molecule has 6 nitrogen and oxygen atoms in total. The van der Waals surface area contributed by atoms with E-state index in [9.17, 15) is 35.9 Å². The number of methoxy groups -OCH3 is 2. The van der Waals surface area contributed by atoms with Gasteiger partial charge in [0, 0.05) is 25.3 Å². The lowest BCUT2D eigenvalue weighted by atomic mass is 9.92. The van der Waals surface area contributed by atoms with Crippen LogP contribution >= 0.6 is 0 Å². The van der Waals surface area contributed by atoms with Gasteiger partial charge in [-0.05, 0) is 19.3 Å². The summed E-state index contributed by atoms with van der Waals surface area (Å²) >= 11 is 0. The molecule has 0 saturated heterocycles. The number of carbonyl (C=O) groups is 2. The van der Waals surface area contributed by atoms with Gasteiger partial charge in [-0.2, -0.15) is 26.3 Å². The van der Waals surface area contributed by atoms with Gasteiger partial charge in [-0.3, -0.25) is 0 Å². The second-order valence-corrected chi connectivity index (χ2v) is 8.55. The zero-order valence-electron chi connectivity index (χ0n) is 21.9. The van der Waals surface area contributed by atoms with Gasteiger partial charge in [0.2, 0.25) is 0 Å². The number of esters is 2. The van der Waals surface area contributed by atoms with E-state index in [1.807, 2.05) is 11.8 Å². The maximum atomic E-state index is 14.1. The molecular weight excluding hydrogens is 558 g/mol. The van der Waals surface area contributed by atoms with Crippen LogP contribution in [0, 0.1) is 24.7 Å². The van der Waals surface area contributed by atoms with Crippen molar-refractivity contribution in [2.75, 3.05) is 14.2 Å². The van der Waals surface area contributed by atoms with Crippen LogP contribution in [0.4, 0.5) is 26.3 Å². The van der Waals surface area contributed by atoms with Crippen LogP contribution in [0.1, 0.15) is 30.4 Å². The number of alkyl halides is 6. The molecule has 0 amide bonds. The van der Waals surface area contributed by atoms with Crippen LogP contribution in [-0.4, -0.2) is 50.7 Å². The zero-order valence-corrected chi connectivity index (χ0v) is 21.9. The van der Waals surface area contributed by atoms with Crippen molar-refractivity contribution in [2.24, 2.45) is 0 Å². The van der Waals surface area contributed by atoms with Crippen molar-refractivity contribution in [2.45, 2.75) is 55.0 Å². The molecule has 0 aliphatic heterocycles. The Balaban J connectivity index is 2.16. The Kier molecular flexibility index (Phi) is 11.0. The molecule has 0 N–H and O–H groups in total. The average Bonchev–Trinajstić information content (AvgIpc) is 2.92. The lowest BCUT2D eigenvalue weighted by Crippen LogP contribution is -2.52. The third-order valence-corrected chi connectivity index (χ3v) is 6.15. The number of hydrogen-bond donors (Lipinski definition) is 0. The maximum Gasteiger partial charge on any atom is 0.432 e. The summed E-state index contributed by atoms with van der Waals surface area (Å²) in [7, 11) is 1.38. The average molecular weight is 585 g/mol. The van der Waals surface area contributed by atoms with E-state index in [4.69, 9.17) is 22.3 Å². The van der Waals surface area contributed by atoms with Gasteiger partial charge in [0.25, 0.3) is 11.2 Å². The highest BCUT2D eigenvalue weighted by atomic mass is 19.4. The number of halogens is 6. The fourth-order valence-electron chi connectivity index (χ4n) is 4.04. The number of carbonyl (C=O) groups excluding carboxylic acids is 2. The van der Waals surface area contributed by atoms with Crippen LogP contribution in [0.5, 0.6) is 0 Å². The first kappa shape index (κ1) is 33.2. The number of ether oxygens (including phenoxy) is 4. The highest BCUT2D eigenvalue weighted by Gasteiger charge is 2.65. The van der Waals surface area contributed by atoms with E-state index in [1.165, 1.54) is 36.4 Å². The van der Waals surface area contributed by atoms with Gasteiger partial charge in [0.15, 0.2) is 12.2 Å². The summed E-state index contributed by atoms with van der Waals surface area (Å²) in [5.41, 5.74) is -8.03. The van der Waals surface area contributed by atoms with Crippen LogP contribution in [0.3, 0.4) is 0 Å². The fraction of sp³-hybridized carbons (Fsp3) is 0.379. The van der Waals surface area contributed by atoms with Crippen molar-refractivity contribution < 1.29 is 54.9 Å². The predicted molar refractivity (Wildman–Crippen MR) is 134 cm³/mol. The van der Waals surface area contributed by atoms with Gasteiger partial charge in [0.05, 0.1) is 0 Å². The quantitative estimate of drug-likeness (QED) is 0.188. The summed E-state index contributed by atoms with van der Waals surface area (Å²) in [4.78, 5) is 25.6. The first-order valence-corrected chi connectivity index (χ1v) is 11.9. The van der Waals surface area contributed by atoms with Crippen molar-refractivity contribution >= 4 is 11.9 Å². The summed E-state index contributed by atoms with van der Waals surface area (Å²) in [6.45, 7) is 0. The second kappa shape index (κ2) is 13.6. The van der Waals surface area contributed by atoms with Crippen LogP contribution in [0.2, 0.25) is 0 Å². The van der Waals surface area contributed by atoms with E-state index in [1.54, 1.807) is 0 Å². The minimum atomic E-state index is -5.23. The standard InChI is InChI=1S/C29H26F6O6/c1-5-22(40-24(36)26(38-3,28(30,31)32)20-14-9-7-10-15-20)18-13-19-23(6-2)41-25(37)27(39-4,29(33,34)35)21-16-11-8-12-17-21/h1-2,7-12,14-17,22-23H,13,18-19H2,3-4H3/t22-,23-,26-,27-/m0/s1. The third kappa shape index (κ3) is 6.84. The Morgan fingerprint density at radius 1 is 0.683 bits per heavy atom. The molecule has 4 atom stereocenters. The molecule has 0 unspecified atom stereocenters. The first-order valence-electron chi connectivity index (χ1n) is 11.9. The van der Waals surface area contributed by atoms with E-state index in [0.717, 1.165) is 24.3 Å². The van der Waals surface area contributed by atoms with Crippen molar-refractivity contribution in [1.82, 2.24) is 0 Å². The SMILES string of the molecule is C#C[C@@H](CCC[C@H](C#C)OC(=O)[C@@](OC)(c1ccccc1)C(F)(F)F)OC(=O)[C@@](OC)(c1ccccc1)C(F)(F)F. The van der Waals surface area contributed by atoms with Crippen molar-refractivity contribution in [3.05, 3.63) is 71.8 Å². The number of terminal acetylenes is 2. The molecule has 0 saturated carbocycles. The molecule has 0 heterocycles. The zero-order chi connectivity index (χ0) is 30.9. The maximum absolute atomic E-state index is 14.1. The summed E-state index contributed by atoms with van der Waals surface area (Å²) in [6.07, 6.45) is -3.40. The topological polar surface area (TPSA) is 71.1 Å². The lowest BCUT2D eigenvalue weighted by Gasteiger charge is -2.33. The van der Waals surface area contributed by atoms with E-state index in [0.29, 0.717) is 14.2 Å². The Hall–Kier alpha value is -4.00. The molecule has 0 aliphatic rings. The molecule has 0 fully saturated rings. The van der Waals surface area contributed by atoms with Gasteiger partial charge in [-0.1, -0.05) is 72.5 Å². The van der Waals surface area contributed by atoms with E-state index < -0.39 is 58.8 Å². The van der Waals surface area contributed by atoms with Crippen LogP contribution < -0.4 is 0 Å². The molecule has 2 aromatic carbocycles. The minimum Gasteiger partial charge on any atom is -0.447 e. The molecule has 0 radical (unpaired) electrons. The van der Waals surface area contributed by atoms with Crippen LogP contribution in [0.25, 0.3) is 0 Å². The number of benzene rings is 2. The highest BCUT2D eigenvalue weighted by Crippen LogP contribution is 2.44. The Morgan fingerprint density at radius 3 is 1.24 bits per heavy atom. The molecule has 2 aromatic rings. The third-order valence-electron chi connectivity index (χ3n) is 6.15. The lowest BCUT2D eigenvalue weighted by molar-refractivity contribution is -0.278. The molecule has 0 bridgehead atoms. The second-order valence-electron chi connectivity index (χ2n) is 8.55. The Labute approximate surface area is 232 Å². The van der Waals surface area contributed by atoms with E-state index in [-0.39, 0.29) is 19.3 Å². The molecule has 2 rings (SSSR count). The van der Waals surface area contributed by atoms with Gasteiger partial charge >= 0.3 is 24.3 Å². The minimum absolute atomic E-state index is 0.112. The molecular formula is C29H26F6O6. The van der Waals surface area contributed by atoms with Gasteiger partial charge < -0.3 is 18.9 Å². The molecule has 220 valence electrons. The van der Waals surface area contributed by atoms with E-state index >= 15 is 0 Å². The summed E-state index contributed by atoms with van der Waals surface area (Å²) in [5.74, 6) is 0.451. The Bertz CT molecular complexity index is 1150. The largest absolute Gasteiger partial charge is 0.447 e. The van der Waals surface area contributed by atoms with Crippen LogP contribution in [-0.2, 0) is 39.7 Å². The monoisotopic (exact) mass is 584 g/mol. The van der Waals surface area contributed by atoms with Crippen molar-refractivity contribution in [3.63, 3.8) is 0 Å². The van der Waals surface area contributed by atoms with E-state index in [2.05, 4.69) is 9.47 Å². The van der Waals surface area contributed by atoms with Crippen molar-refractivity contribution in [1.29, 1.82) is 0 Å². The molecule has 41 heavy (non-hydrogen) atoms. The number of rotatable bonds is 12. The molecule has 0 aromatic heterocycles. The van der Waals surface area contributed by atoms with Gasteiger partial charge in [0.1, 0.15) is 0 Å². The van der Waals surface area contributed by atoms with Crippen LogP contribution in [0.15, 0.2) is 60.7 Å². The molecule has 0 aliphatic carbocycles. The highest BCUT2D eigenvalue weighted by molar-refractivity contribution is 5.83. The number of hydrogen-bond acceptors (Lipinski definition) is 6.